The van der Waals surface area contributed by atoms with Gasteiger partial charge < -0.3 is 15.3 Å². The summed E-state index contributed by atoms with van der Waals surface area (Å²) in [7, 11) is 0. The fourth-order valence-corrected chi connectivity index (χ4v) is 2.83. The van der Waals surface area contributed by atoms with Gasteiger partial charge in [0.15, 0.2) is 0 Å². The topological polar surface area (TPSA) is 69.6 Å². The molecular formula is C14H17BrN2O3. The van der Waals surface area contributed by atoms with E-state index in [1.165, 1.54) is 6.07 Å². The first-order valence-corrected chi connectivity index (χ1v) is 7.22. The molecule has 1 saturated heterocycles. The molecule has 1 fully saturated rings. The number of carboxylic acid groups (broad SMARTS) is 1. The summed E-state index contributed by atoms with van der Waals surface area (Å²) in [4.78, 5) is 25.3. The Labute approximate surface area is 126 Å². The number of aromatic carboxylic acids is 1. The average Bonchev–Trinajstić information content (AvgIpc) is 2.71. The molecule has 0 aliphatic carbocycles. The molecule has 1 heterocycles. The molecule has 0 radical (unpaired) electrons. The van der Waals surface area contributed by atoms with Crippen LogP contribution in [0.3, 0.4) is 0 Å². The molecule has 1 aliphatic rings. The van der Waals surface area contributed by atoms with Crippen molar-refractivity contribution in [3.05, 3.63) is 28.2 Å². The monoisotopic (exact) mass is 340 g/mol. The van der Waals surface area contributed by atoms with E-state index in [2.05, 4.69) is 21.2 Å². The second kappa shape index (κ2) is 5.44. The number of carboxylic acids is 1. The van der Waals surface area contributed by atoms with E-state index >= 15 is 0 Å². The molecule has 1 aromatic rings. The molecule has 2 amide bonds. The lowest BCUT2D eigenvalue weighted by atomic mass is 10.0. The molecule has 0 bridgehead atoms. The van der Waals surface area contributed by atoms with Gasteiger partial charge in [0, 0.05) is 16.6 Å². The van der Waals surface area contributed by atoms with Crippen molar-refractivity contribution < 1.29 is 14.7 Å². The van der Waals surface area contributed by atoms with E-state index in [9.17, 15) is 14.7 Å². The summed E-state index contributed by atoms with van der Waals surface area (Å²) in [6.07, 6.45) is 1.92. The third-order valence-corrected chi connectivity index (χ3v) is 4.09. The number of hydrogen-bond acceptors (Lipinski definition) is 2. The first-order chi connectivity index (χ1) is 9.31. The highest BCUT2D eigenvalue weighted by atomic mass is 79.9. The van der Waals surface area contributed by atoms with Crippen LogP contribution in [0.5, 0.6) is 0 Å². The number of nitrogens with zero attached hydrogens (tertiary/aromatic N) is 1. The number of nitrogens with one attached hydrogen (secondary N) is 1. The van der Waals surface area contributed by atoms with Gasteiger partial charge >= 0.3 is 12.0 Å². The highest BCUT2D eigenvalue weighted by molar-refractivity contribution is 9.10. The van der Waals surface area contributed by atoms with E-state index in [4.69, 9.17) is 0 Å². The highest BCUT2D eigenvalue weighted by Crippen LogP contribution is 2.29. The number of carbonyl (C=O) groups excluding carboxylic acids is 1. The third-order valence-electron chi connectivity index (χ3n) is 3.60. The fraction of sp³-hybridized carbons (Fsp3) is 0.429. The second-order valence-corrected chi connectivity index (χ2v) is 6.41. The SMILES string of the molecule is CC1(C)CCCN1C(=O)Nc1ccc(Br)cc1C(=O)O. The molecule has 0 atom stereocenters. The number of halogens is 1. The summed E-state index contributed by atoms with van der Waals surface area (Å²) in [5.74, 6) is -1.07. The van der Waals surface area contributed by atoms with Crippen LogP contribution in [-0.4, -0.2) is 34.1 Å². The molecule has 1 aromatic carbocycles. The van der Waals surface area contributed by atoms with Gasteiger partial charge in [-0.15, -0.1) is 0 Å². The molecule has 5 nitrogen and oxygen atoms in total. The third kappa shape index (κ3) is 2.95. The number of carbonyl (C=O) groups is 2. The zero-order valence-corrected chi connectivity index (χ0v) is 13.0. The molecule has 1 aliphatic heterocycles. The number of amides is 2. The number of urea groups is 1. The van der Waals surface area contributed by atoms with Crippen molar-refractivity contribution in [1.29, 1.82) is 0 Å². The van der Waals surface area contributed by atoms with Crippen molar-refractivity contribution in [3.8, 4) is 0 Å². The van der Waals surface area contributed by atoms with Crippen LogP contribution in [0, 0.1) is 0 Å². The molecule has 0 aromatic heterocycles. The van der Waals surface area contributed by atoms with Crippen LogP contribution in [0.25, 0.3) is 0 Å². The van der Waals surface area contributed by atoms with E-state index < -0.39 is 5.97 Å². The number of benzene rings is 1. The van der Waals surface area contributed by atoms with Gasteiger partial charge in [-0.25, -0.2) is 9.59 Å². The first kappa shape index (κ1) is 14.8. The molecular weight excluding hydrogens is 324 g/mol. The van der Waals surface area contributed by atoms with Crippen LogP contribution >= 0.6 is 15.9 Å². The molecule has 0 spiro atoms. The van der Waals surface area contributed by atoms with Gasteiger partial charge in [0.2, 0.25) is 0 Å². The van der Waals surface area contributed by atoms with Crippen LogP contribution in [-0.2, 0) is 0 Å². The Morgan fingerprint density at radius 3 is 2.65 bits per heavy atom. The average molecular weight is 341 g/mol. The van der Waals surface area contributed by atoms with Crippen LogP contribution in [0.4, 0.5) is 10.5 Å². The van der Waals surface area contributed by atoms with Gasteiger partial charge in [-0.3, -0.25) is 0 Å². The van der Waals surface area contributed by atoms with Gasteiger partial charge in [0.1, 0.15) is 0 Å². The largest absolute Gasteiger partial charge is 0.478 e. The van der Waals surface area contributed by atoms with E-state index in [-0.39, 0.29) is 17.1 Å². The summed E-state index contributed by atoms with van der Waals surface area (Å²) in [5, 5.41) is 11.9. The van der Waals surface area contributed by atoms with Crippen LogP contribution in [0.15, 0.2) is 22.7 Å². The summed E-state index contributed by atoms with van der Waals surface area (Å²) in [6.45, 7) is 4.72. The Morgan fingerprint density at radius 1 is 1.40 bits per heavy atom. The lowest BCUT2D eigenvalue weighted by Crippen LogP contribution is -2.45. The lowest BCUT2D eigenvalue weighted by Gasteiger charge is -2.31. The summed E-state index contributed by atoms with van der Waals surface area (Å²) in [5.41, 5.74) is 0.196. The highest BCUT2D eigenvalue weighted by Gasteiger charge is 2.35. The Balaban J connectivity index is 2.22. The predicted molar refractivity (Wildman–Crippen MR) is 80.1 cm³/mol. The molecule has 0 unspecified atom stereocenters. The number of likely N-dealkylation sites (tertiary alicyclic amines) is 1. The number of anilines is 1. The van der Waals surface area contributed by atoms with Crippen molar-refractivity contribution in [2.45, 2.75) is 32.2 Å². The van der Waals surface area contributed by atoms with E-state index in [0.717, 1.165) is 12.8 Å². The van der Waals surface area contributed by atoms with Crippen molar-refractivity contribution in [1.82, 2.24) is 4.90 Å². The molecule has 0 saturated carbocycles. The van der Waals surface area contributed by atoms with Crippen molar-refractivity contribution in [2.24, 2.45) is 0 Å². The second-order valence-electron chi connectivity index (χ2n) is 5.49. The van der Waals surface area contributed by atoms with Crippen molar-refractivity contribution >= 4 is 33.6 Å². The van der Waals surface area contributed by atoms with E-state index in [1.54, 1.807) is 17.0 Å². The maximum absolute atomic E-state index is 12.3. The van der Waals surface area contributed by atoms with Gasteiger partial charge in [-0.05, 0) is 44.9 Å². The fourth-order valence-electron chi connectivity index (χ4n) is 2.47. The van der Waals surface area contributed by atoms with Gasteiger partial charge in [-0.1, -0.05) is 15.9 Å². The minimum Gasteiger partial charge on any atom is -0.478 e. The molecule has 6 heteroatoms. The maximum atomic E-state index is 12.3. The zero-order valence-electron chi connectivity index (χ0n) is 11.4. The zero-order chi connectivity index (χ0) is 14.9. The Morgan fingerprint density at radius 2 is 2.10 bits per heavy atom. The summed E-state index contributed by atoms with van der Waals surface area (Å²) in [6, 6.07) is 4.52. The molecule has 2 N–H and O–H groups in total. The van der Waals surface area contributed by atoms with Gasteiger partial charge in [0.05, 0.1) is 11.3 Å². The molecule has 2 rings (SSSR count). The minimum absolute atomic E-state index is 0.0738. The van der Waals surface area contributed by atoms with Crippen LogP contribution < -0.4 is 5.32 Å². The quantitative estimate of drug-likeness (QED) is 0.864. The Kier molecular flexibility index (Phi) is 4.04. The van der Waals surface area contributed by atoms with E-state index in [0.29, 0.717) is 16.7 Å². The Bertz CT molecular complexity index is 557. The smallest absolute Gasteiger partial charge is 0.337 e. The van der Waals surface area contributed by atoms with Crippen LogP contribution in [0.1, 0.15) is 37.0 Å². The Hall–Kier alpha value is -1.56. The van der Waals surface area contributed by atoms with E-state index in [1.807, 2.05) is 13.8 Å². The van der Waals surface area contributed by atoms with Crippen molar-refractivity contribution in [2.75, 3.05) is 11.9 Å². The van der Waals surface area contributed by atoms with Crippen molar-refractivity contribution in [3.63, 3.8) is 0 Å². The first-order valence-electron chi connectivity index (χ1n) is 6.43. The summed E-state index contributed by atoms with van der Waals surface area (Å²) >= 11 is 3.23. The lowest BCUT2D eigenvalue weighted by molar-refractivity contribution is 0.0698. The minimum atomic E-state index is -1.07. The number of rotatable bonds is 2. The molecule has 20 heavy (non-hydrogen) atoms. The van der Waals surface area contributed by atoms with Gasteiger partial charge in [-0.2, -0.15) is 0 Å². The van der Waals surface area contributed by atoms with Crippen LogP contribution in [0.2, 0.25) is 0 Å². The standard InChI is InChI=1S/C14H17BrN2O3/c1-14(2)6-3-7-17(14)13(20)16-11-5-4-9(15)8-10(11)12(18)19/h4-5,8H,3,6-7H2,1-2H3,(H,16,20)(H,18,19). The summed E-state index contributed by atoms with van der Waals surface area (Å²) < 4.78 is 0.661. The number of hydrogen-bond donors (Lipinski definition) is 2. The molecule has 108 valence electrons. The normalized spacial score (nSPS) is 17.1. The van der Waals surface area contributed by atoms with Gasteiger partial charge in [0.25, 0.3) is 0 Å². The predicted octanol–water partition coefficient (Wildman–Crippen LogP) is 3.55. The maximum Gasteiger partial charge on any atom is 0.337 e.